The maximum absolute atomic E-state index is 12.9. The smallest absolute Gasteiger partial charge is 0.391 e. The zero-order chi connectivity index (χ0) is 18.2. The highest BCUT2D eigenvalue weighted by Crippen LogP contribution is 2.38. The minimum atomic E-state index is -4.17. The highest BCUT2D eigenvalue weighted by molar-refractivity contribution is 5.97. The van der Waals surface area contributed by atoms with Crippen molar-refractivity contribution in [2.45, 2.75) is 19.0 Å². The second-order valence-electron chi connectivity index (χ2n) is 6.05. The molecule has 0 radical (unpaired) electrons. The van der Waals surface area contributed by atoms with E-state index in [1.807, 2.05) is 4.90 Å². The molecule has 2 heterocycles. The molecule has 2 aromatic rings. The lowest BCUT2D eigenvalue weighted by molar-refractivity contribution is -0.179. The zero-order valence-electron chi connectivity index (χ0n) is 13.5. The van der Waals surface area contributed by atoms with Crippen LogP contribution >= 0.6 is 0 Å². The topological polar surface area (TPSA) is 62.7 Å². The van der Waals surface area contributed by atoms with E-state index in [1.165, 1.54) is 19.4 Å². The van der Waals surface area contributed by atoms with Gasteiger partial charge < -0.3 is 14.7 Å². The molecule has 1 fully saturated rings. The first kappa shape index (κ1) is 17.3. The Balaban J connectivity index is 1.97. The van der Waals surface area contributed by atoms with Gasteiger partial charge in [-0.05, 0) is 25.0 Å². The van der Waals surface area contributed by atoms with E-state index in [0.717, 1.165) is 0 Å². The van der Waals surface area contributed by atoms with E-state index in [2.05, 4.69) is 4.98 Å². The second kappa shape index (κ2) is 6.42. The summed E-state index contributed by atoms with van der Waals surface area (Å²) in [5.74, 6) is -1.87. The van der Waals surface area contributed by atoms with Gasteiger partial charge in [-0.2, -0.15) is 13.2 Å². The number of anilines is 1. The zero-order valence-corrected chi connectivity index (χ0v) is 13.5. The Labute approximate surface area is 142 Å². The van der Waals surface area contributed by atoms with Gasteiger partial charge in [-0.1, -0.05) is 0 Å². The fourth-order valence-electron chi connectivity index (χ4n) is 3.13. The molecule has 0 atom stereocenters. The molecule has 1 aromatic carbocycles. The van der Waals surface area contributed by atoms with Crippen LogP contribution in [0.4, 0.5) is 18.9 Å². The van der Waals surface area contributed by atoms with Gasteiger partial charge >= 0.3 is 12.1 Å². The first-order valence-corrected chi connectivity index (χ1v) is 7.82. The molecule has 134 valence electrons. The third-order valence-corrected chi connectivity index (χ3v) is 4.52. The van der Waals surface area contributed by atoms with Crippen molar-refractivity contribution in [2.75, 3.05) is 25.1 Å². The molecule has 1 aliphatic heterocycles. The van der Waals surface area contributed by atoms with E-state index < -0.39 is 18.1 Å². The van der Waals surface area contributed by atoms with Crippen molar-refractivity contribution in [3.63, 3.8) is 0 Å². The summed E-state index contributed by atoms with van der Waals surface area (Å²) in [7, 11) is 1.48. The summed E-state index contributed by atoms with van der Waals surface area (Å²) in [6.07, 6.45) is -2.87. The van der Waals surface area contributed by atoms with Gasteiger partial charge in [0.15, 0.2) is 0 Å². The molecule has 0 spiro atoms. The molecule has 0 bridgehead atoms. The molecule has 1 aromatic heterocycles. The Hall–Kier alpha value is -2.51. The van der Waals surface area contributed by atoms with Gasteiger partial charge in [0.2, 0.25) is 0 Å². The molecule has 0 saturated carbocycles. The van der Waals surface area contributed by atoms with E-state index in [1.54, 1.807) is 12.1 Å². The predicted octanol–water partition coefficient (Wildman–Crippen LogP) is 3.72. The minimum absolute atomic E-state index is 0.0232. The van der Waals surface area contributed by atoms with Crippen LogP contribution in [-0.4, -0.2) is 42.4 Å². The maximum Gasteiger partial charge on any atom is 0.391 e. The largest absolute Gasteiger partial charge is 0.497 e. The number of pyridine rings is 1. The Morgan fingerprint density at radius 1 is 1.28 bits per heavy atom. The summed E-state index contributed by atoms with van der Waals surface area (Å²) in [6.45, 7) is 0.517. The summed E-state index contributed by atoms with van der Waals surface area (Å²) in [5.41, 5.74) is 1.26. The van der Waals surface area contributed by atoms with Gasteiger partial charge in [-0.25, -0.2) is 4.79 Å². The number of rotatable bonds is 3. The van der Waals surface area contributed by atoms with Crippen molar-refractivity contribution in [1.82, 2.24) is 4.98 Å². The number of nitrogens with zero attached hydrogens (tertiary/aromatic N) is 2. The first-order valence-electron chi connectivity index (χ1n) is 7.82. The number of hydrogen-bond acceptors (Lipinski definition) is 4. The molecule has 0 aliphatic carbocycles. The first-order chi connectivity index (χ1) is 11.8. The van der Waals surface area contributed by atoms with E-state index in [0.29, 0.717) is 22.3 Å². The number of alkyl halides is 3. The van der Waals surface area contributed by atoms with Crippen LogP contribution in [0.1, 0.15) is 23.2 Å². The number of carboxylic acid groups (broad SMARTS) is 1. The molecule has 0 amide bonds. The van der Waals surface area contributed by atoms with Crippen LogP contribution in [0.3, 0.4) is 0 Å². The Bertz CT molecular complexity index is 800. The average molecular weight is 354 g/mol. The molecule has 25 heavy (non-hydrogen) atoms. The molecular weight excluding hydrogens is 337 g/mol. The fourth-order valence-corrected chi connectivity index (χ4v) is 3.13. The van der Waals surface area contributed by atoms with Crippen molar-refractivity contribution < 1.29 is 27.8 Å². The lowest BCUT2D eigenvalue weighted by Crippen LogP contribution is -2.39. The molecule has 0 unspecified atom stereocenters. The van der Waals surface area contributed by atoms with Gasteiger partial charge in [0, 0.05) is 30.7 Å². The number of benzene rings is 1. The second-order valence-corrected chi connectivity index (χ2v) is 6.05. The molecule has 5 nitrogen and oxygen atoms in total. The fraction of sp³-hybridized carbons (Fsp3) is 0.412. The number of hydrogen-bond donors (Lipinski definition) is 1. The van der Waals surface area contributed by atoms with E-state index in [-0.39, 0.29) is 31.5 Å². The predicted molar refractivity (Wildman–Crippen MR) is 86.2 cm³/mol. The van der Waals surface area contributed by atoms with E-state index in [4.69, 9.17) is 9.84 Å². The number of aromatic nitrogens is 1. The minimum Gasteiger partial charge on any atom is -0.497 e. The standard InChI is InChI=1S/C17H17F3N2O3/c1-25-13-7-10-6-11(16(23)24)9-21-15(10)14(8-13)22-4-2-12(3-5-22)17(18,19)20/h6-9,12H,2-5H2,1H3,(H,23,24). The van der Waals surface area contributed by atoms with Crippen molar-refractivity contribution in [1.29, 1.82) is 0 Å². The van der Waals surface area contributed by atoms with Crippen molar-refractivity contribution in [3.8, 4) is 5.75 Å². The maximum atomic E-state index is 12.9. The number of ether oxygens (including phenoxy) is 1. The average Bonchev–Trinajstić information content (AvgIpc) is 2.59. The molecule has 1 aliphatic rings. The summed E-state index contributed by atoms with van der Waals surface area (Å²) in [4.78, 5) is 17.2. The summed E-state index contributed by atoms with van der Waals surface area (Å²) >= 11 is 0. The van der Waals surface area contributed by atoms with Crippen molar-refractivity contribution in [2.24, 2.45) is 5.92 Å². The molecule has 3 rings (SSSR count). The lowest BCUT2D eigenvalue weighted by atomic mass is 9.95. The molecule has 8 heteroatoms. The number of methoxy groups -OCH3 is 1. The number of piperidine rings is 1. The number of halogens is 3. The normalized spacial score (nSPS) is 16.2. The Kier molecular flexibility index (Phi) is 4.45. The summed E-state index contributed by atoms with van der Waals surface area (Å²) in [5, 5.41) is 9.68. The lowest BCUT2D eigenvalue weighted by Gasteiger charge is -2.34. The van der Waals surface area contributed by atoms with E-state index in [9.17, 15) is 18.0 Å². The SMILES string of the molecule is COc1cc(N2CCC(C(F)(F)F)CC2)c2ncc(C(=O)O)cc2c1. The summed E-state index contributed by atoms with van der Waals surface area (Å²) in [6, 6.07) is 4.88. The molecule has 1 saturated heterocycles. The van der Waals surface area contributed by atoms with Crippen LogP contribution in [-0.2, 0) is 0 Å². The van der Waals surface area contributed by atoms with Crippen molar-refractivity contribution >= 4 is 22.6 Å². The number of carbonyl (C=O) groups is 1. The van der Waals surface area contributed by atoms with Crippen LogP contribution < -0.4 is 9.64 Å². The Morgan fingerprint density at radius 2 is 1.96 bits per heavy atom. The van der Waals surface area contributed by atoms with Gasteiger partial charge in [-0.15, -0.1) is 0 Å². The van der Waals surface area contributed by atoms with Crippen LogP contribution in [0.2, 0.25) is 0 Å². The number of carboxylic acids is 1. The third-order valence-electron chi connectivity index (χ3n) is 4.52. The third kappa shape index (κ3) is 3.47. The highest BCUT2D eigenvalue weighted by atomic mass is 19.4. The van der Waals surface area contributed by atoms with Crippen LogP contribution in [0.25, 0.3) is 10.9 Å². The monoisotopic (exact) mass is 354 g/mol. The molecular formula is C17H17F3N2O3. The highest BCUT2D eigenvalue weighted by Gasteiger charge is 2.41. The number of fused-ring (bicyclic) bond motifs is 1. The Morgan fingerprint density at radius 3 is 2.52 bits per heavy atom. The van der Waals surface area contributed by atoms with Gasteiger partial charge in [0.1, 0.15) is 5.75 Å². The summed E-state index contributed by atoms with van der Waals surface area (Å²) < 4.78 is 43.8. The van der Waals surface area contributed by atoms with Gasteiger partial charge in [0.25, 0.3) is 0 Å². The van der Waals surface area contributed by atoms with Crippen LogP contribution in [0, 0.1) is 5.92 Å². The van der Waals surface area contributed by atoms with Gasteiger partial charge in [-0.3, -0.25) is 4.98 Å². The van der Waals surface area contributed by atoms with Gasteiger partial charge in [0.05, 0.1) is 29.8 Å². The van der Waals surface area contributed by atoms with E-state index >= 15 is 0 Å². The quantitative estimate of drug-likeness (QED) is 0.910. The number of aromatic carboxylic acids is 1. The van der Waals surface area contributed by atoms with Crippen molar-refractivity contribution in [3.05, 3.63) is 30.0 Å². The van der Waals surface area contributed by atoms with Crippen LogP contribution in [0.15, 0.2) is 24.4 Å². The molecule has 1 N–H and O–H groups in total. The van der Waals surface area contributed by atoms with Crippen LogP contribution in [0.5, 0.6) is 5.75 Å².